The van der Waals surface area contributed by atoms with E-state index in [-0.39, 0.29) is 17.9 Å². The van der Waals surface area contributed by atoms with Gasteiger partial charge in [0.1, 0.15) is 5.82 Å². The summed E-state index contributed by atoms with van der Waals surface area (Å²) in [5.74, 6) is 0.449. The first-order chi connectivity index (χ1) is 11.5. The quantitative estimate of drug-likeness (QED) is 0.792. The number of halogens is 1. The highest BCUT2D eigenvalue weighted by Crippen LogP contribution is 2.14. The van der Waals surface area contributed by atoms with E-state index in [0.717, 1.165) is 0 Å². The molecule has 1 heterocycles. The number of amides is 1. The van der Waals surface area contributed by atoms with Crippen LogP contribution >= 0.6 is 11.6 Å². The molecular formula is C18H16ClN3O2. The molecule has 0 saturated heterocycles. The van der Waals surface area contributed by atoms with Crippen molar-refractivity contribution in [2.45, 2.75) is 12.8 Å². The van der Waals surface area contributed by atoms with Crippen LogP contribution in [0, 0.1) is 0 Å². The second-order valence-electron chi connectivity index (χ2n) is 5.46. The van der Waals surface area contributed by atoms with E-state index in [9.17, 15) is 9.59 Å². The SMILES string of the molecule is Cn1c(CCC(=O)Nc2ccc(Cl)cc2)nc2ccccc2c1=O. The number of para-hydroxylation sites is 1. The molecule has 1 amide bonds. The molecule has 0 aliphatic heterocycles. The summed E-state index contributed by atoms with van der Waals surface area (Å²) in [6, 6.07) is 14.1. The fraction of sp³-hybridized carbons (Fsp3) is 0.167. The van der Waals surface area contributed by atoms with E-state index < -0.39 is 0 Å². The molecule has 0 bridgehead atoms. The highest BCUT2D eigenvalue weighted by atomic mass is 35.5. The summed E-state index contributed by atoms with van der Waals surface area (Å²) >= 11 is 5.82. The fourth-order valence-corrected chi connectivity index (χ4v) is 2.60. The van der Waals surface area contributed by atoms with Crippen LogP contribution in [0.3, 0.4) is 0 Å². The molecular weight excluding hydrogens is 326 g/mol. The van der Waals surface area contributed by atoms with Gasteiger partial charge in [-0.25, -0.2) is 4.98 Å². The van der Waals surface area contributed by atoms with Crippen molar-refractivity contribution in [1.82, 2.24) is 9.55 Å². The summed E-state index contributed by atoms with van der Waals surface area (Å²) in [5, 5.41) is 3.99. The Kier molecular flexibility index (Phi) is 4.62. The molecule has 122 valence electrons. The Balaban J connectivity index is 1.73. The number of anilines is 1. The maximum Gasteiger partial charge on any atom is 0.261 e. The number of aromatic nitrogens is 2. The van der Waals surface area contributed by atoms with E-state index >= 15 is 0 Å². The molecule has 0 spiro atoms. The third kappa shape index (κ3) is 3.46. The minimum Gasteiger partial charge on any atom is -0.326 e. The molecule has 0 atom stereocenters. The largest absolute Gasteiger partial charge is 0.326 e. The minimum absolute atomic E-state index is 0.103. The average Bonchev–Trinajstić information content (AvgIpc) is 2.59. The minimum atomic E-state index is -0.139. The van der Waals surface area contributed by atoms with Crippen molar-refractivity contribution in [1.29, 1.82) is 0 Å². The number of nitrogens with zero attached hydrogens (tertiary/aromatic N) is 2. The van der Waals surface area contributed by atoms with Crippen molar-refractivity contribution < 1.29 is 4.79 Å². The van der Waals surface area contributed by atoms with Gasteiger partial charge in [-0.1, -0.05) is 23.7 Å². The molecule has 0 fully saturated rings. The number of carbonyl (C=O) groups excluding carboxylic acids is 1. The lowest BCUT2D eigenvalue weighted by atomic mass is 10.2. The Bertz CT molecular complexity index is 949. The van der Waals surface area contributed by atoms with Gasteiger partial charge in [0.2, 0.25) is 5.91 Å². The van der Waals surface area contributed by atoms with E-state index in [4.69, 9.17) is 11.6 Å². The van der Waals surface area contributed by atoms with Gasteiger partial charge < -0.3 is 5.32 Å². The molecule has 3 rings (SSSR count). The van der Waals surface area contributed by atoms with E-state index in [1.165, 1.54) is 4.57 Å². The van der Waals surface area contributed by atoms with E-state index in [1.807, 2.05) is 12.1 Å². The van der Waals surface area contributed by atoms with Crippen LogP contribution in [0.1, 0.15) is 12.2 Å². The van der Waals surface area contributed by atoms with Crippen molar-refractivity contribution >= 4 is 34.1 Å². The normalized spacial score (nSPS) is 10.8. The maximum absolute atomic E-state index is 12.3. The molecule has 0 unspecified atom stereocenters. The smallest absolute Gasteiger partial charge is 0.261 e. The molecule has 0 aliphatic carbocycles. The van der Waals surface area contributed by atoms with Gasteiger partial charge in [-0.05, 0) is 36.4 Å². The van der Waals surface area contributed by atoms with Gasteiger partial charge in [-0.15, -0.1) is 0 Å². The summed E-state index contributed by atoms with van der Waals surface area (Å²) in [6.45, 7) is 0. The van der Waals surface area contributed by atoms with Crippen molar-refractivity contribution in [2.75, 3.05) is 5.32 Å². The van der Waals surface area contributed by atoms with E-state index in [2.05, 4.69) is 10.3 Å². The van der Waals surface area contributed by atoms with Crippen LogP contribution in [0.15, 0.2) is 53.3 Å². The molecule has 5 nitrogen and oxygen atoms in total. The Hall–Kier alpha value is -2.66. The first-order valence-electron chi connectivity index (χ1n) is 7.54. The average molecular weight is 342 g/mol. The monoisotopic (exact) mass is 341 g/mol. The fourth-order valence-electron chi connectivity index (χ4n) is 2.47. The lowest BCUT2D eigenvalue weighted by Gasteiger charge is -2.09. The molecule has 1 N–H and O–H groups in total. The Morgan fingerprint density at radius 3 is 2.62 bits per heavy atom. The van der Waals surface area contributed by atoms with Gasteiger partial charge in [0, 0.05) is 30.6 Å². The number of benzene rings is 2. The maximum atomic E-state index is 12.3. The lowest BCUT2D eigenvalue weighted by Crippen LogP contribution is -2.23. The van der Waals surface area contributed by atoms with Gasteiger partial charge in [0.25, 0.3) is 5.56 Å². The molecule has 1 aromatic heterocycles. The molecule has 0 radical (unpaired) electrons. The van der Waals surface area contributed by atoms with Crippen LogP contribution in [0.2, 0.25) is 5.02 Å². The predicted octanol–water partition coefficient (Wildman–Crippen LogP) is 3.16. The number of rotatable bonds is 4. The van der Waals surface area contributed by atoms with Gasteiger partial charge in [0.05, 0.1) is 10.9 Å². The van der Waals surface area contributed by atoms with Gasteiger partial charge >= 0.3 is 0 Å². The zero-order valence-corrected chi connectivity index (χ0v) is 13.9. The van der Waals surface area contributed by atoms with Crippen molar-refractivity contribution in [2.24, 2.45) is 7.05 Å². The van der Waals surface area contributed by atoms with Gasteiger partial charge in [-0.3, -0.25) is 14.2 Å². The van der Waals surface area contributed by atoms with Crippen LogP contribution in [0.5, 0.6) is 0 Å². The number of hydrogen-bond donors (Lipinski definition) is 1. The zero-order valence-electron chi connectivity index (χ0n) is 13.1. The Morgan fingerprint density at radius 1 is 1.17 bits per heavy atom. The van der Waals surface area contributed by atoms with Gasteiger partial charge in [-0.2, -0.15) is 0 Å². The van der Waals surface area contributed by atoms with E-state index in [1.54, 1.807) is 43.4 Å². The standard InChI is InChI=1S/C18H16ClN3O2/c1-22-16(21-15-5-3-2-4-14(15)18(22)24)10-11-17(23)20-13-8-6-12(19)7-9-13/h2-9H,10-11H2,1H3,(H,20,23). The van der Waals surface area contributed by atoms with Crippen molar-refractivity contribution in [3.63, 3.8) is 0 Å². The van der Waals surface area contributed by atoms with Crippen LogP contribution in [0.25, 0.3) is 10.9 Å². The number of nitrogens with one attached hydrogen (secondary N) is 1. The molecule has 0 aliphatic rings. The summed E-state index contributed by atoms with van der Waals surface area (Å²) in [4.78, 5) is 28.9. The first kappa shape index (κ1) is 16.2. The second kappa shape index (κ2) is 6.84. The van der Waals surface area contributed by atoms with Crippen molar-refractivity contribution in [3.05, 3.63) is 69.7 Å². The summed E-state index contributed by atoms with van der Waals surface area (Å²) < 4.78 is 1.50. The van der Waals surface area contributed by atoms with Crippen molar-refractivity contribution in [3.8, 4) is 0 Å². The predicted molar refractivity (Wildman–Crippen MR) is 95.4 cm³/mol. The van der Waals surface area contributed by atoms with Crippen LogP contribution in [0.4, 0.5) is 5.69 Å². The van der Waals surface area contributed by atoms with Crippen LogP contribution < -0.4 is 10.9 Å². The second-order valence-corrected chi connectivity index (χ2v) is 5.90. The third-order valence-corrected chi connectivity index (χ3v) is 4.03. The van der Waals surface area contributed by atoms with Crippen LogP contribution in [-0.2, 0) is 18.3 Å². The summed E-state index contributed by atoms with van der Waals surface area (Å²) in [7, 11) is 1.67. The molecule has 0 saturated carbocycles. The lowest BCUT2D eigenvalue weighted by molar-refractivity contribution is -0.116. The highest BCUT2D eigenvalue weighted by Gasteiger charge is 2.10. The van der Waals surface area contributed by atoms with Gasteiger partial charge in [0.15, 0.2) is 0 Å². The van der Waals surface area contributed by atoms with Crippen LogP contribution in [-0.4, -0.2) is 15.5 Å². The molecule has 6 heteroatoms. The molecule has 2 aromatic carbocycles. The summed E-state index contributed by atoms with van der Waals surface area (Å²) in [5.41, 5.74) is 1.23. The third-order valence-electron chi connectivity index (χ3n) is 3.78. The topological polar surface area (TPSA) is 64.0 Å². The zero-order chi connectivity index (χ0) is 17.1. The highest BCUT2D eigenvalue weighted by molar-refractivity contribution is 6.30. The Morgan fingerprint density at radius 2 is 1.88 bits per heavy atom. The molecule has 24 heavy (non-hydrogen) atoms. The Labute approximate surface area is 143 Å². The first-order valence-corrected chi connectivity index (χ1v) is 7.92. The van der Waals surface area contributed by atoms with E-state index in [0.29, 0.717) is 33.9 Å². The summed E-state index contributed by atoms with van der Waals surface area (Å²) in [6.07, 6.45) is 0.622. The number of fused-ring (bicyclic) bond motifs is 1. The number of aryl methyl sites for hydroxylation is 1. The number of hydrogen-bond acceptors (Lipinski definition) is 3. The number of carbonyl (C=O) groups is 1. The molecule has 3 aromatic rings.